The Morgan fingerprint density at radius 2 is 1.48 bits per heavy atom. The molecule has 6 nitrogen and oxygen atoms in total. The lowest BCUT2D eigenvalue weighted by Gasteiger charge is -2.23. The largest absolute Gasteiger partial charge is 0.494 e. The molecule has 0 spiro atoms. The number of carbonyl (C=O) groups excluding carboxylic acids is 1. The van der Waals surface area contributed by atoms with E-state index in [4.69, 9.17) is 9.47 Å². The van der Waals surface area contributed by atoms with Crippen molar-refractivity contribution in [2.24, 2.45) is 0 Å². The van der Waals surface area contributed by atoms with Crippen LogP contribution in [0.3, 0.4) is 0 Å². The first kappa shape index (κ1) is 24.8. The predicted octanol–water partition coefficient (Wildman–Crippen LogP) is 5.57. The third kappa shape index (κ3) is 5.75. The van der Waals surface area contributed by atoms with E-state index in [2.05, 4.69) is 15.9 Å². The first-order valence-corrected chi connectivity index (χ1v) is 12.6. The Morgan fingerprint density at radius 3 is 2.03 bits per heavy atom. The molecule has 0 aliphatic rings. The molecule has 0 saturated carbocycles. The number of aryl methyl sites for hydroxylation is 3. The minimum absolute atomic E-state index is 0.0198. The lowest BCUT2D eigenvalue weighted by molar-refractivity contribution is -0.119. The van der Waals surface area contributed by atoms with Crippen molar-refractivity contribution in [1.82, 2.24) is 0 Å². The number of amides is 1. The minimum atomic E-state index is -4.17. The van der Waals surface area contributed by atoms with Crippen molar-refractivity contribution in [1.29, 1.82) is 0 Å². The topological polar surface area (TPSA) is 72.9 Å². The molecule has 8 heteroatoms. The maximum absolute atomic E-state index is 13.5. The second-order valence-electron chi connectivity index (χ2n) is 7.56. The van der Waals surface area contributed by atoms with Crippen LogP contribution in [0.4, 0.5) is 5.69 Å². The van der Waals surface area contributed by atoms with Crippen LogP contribution >= 0.6 is 15.9 Å². The van der Waals surface area contributed by atoms with Crippen molar-refractivity contribution in [3.63, 3.8) is 0 Å². The van der Waals surface area contributed by atoms with Crippen LogP contribution in [0.15, 0.2) is 70.0 Å². The first-order valence-electron chi connectivity index (χ1n) is 10.4. The van der Waals surface area contributed by atoms with Crippen LogP contribution in [0.5, 0.6) is 11.5 Å². The third-order valence-corrected chi connectivity index (χ3v) is 7.15. The number of sulfonamides is 1. The van der Waals surface area contributed by atoms with Crippen LogP contribution in [0.1, 0.15) is 23.6 Å². The van der Waals surface area contributed by atoms with E-state index >= 15 is 0 Å². The monoisotopic (exact) mass is 531 g/mol. The molecular formula is C25H26BrNO5S. The van der Waals surface area contributed by atoms with Gasteiger partial charge in [0.05, 0.1) is 17.2 Å². The van der Waals surface area contributed by atoms with Gasteiger partial charge in [-0.15, -0.1) is 0 Å². The van der Waals surface area contributed by atoms with Gasteiger partial charge in [0.1, 0.15) is 11.5 Å². The van der Waals surface area contributed by atoms with Crippen molar-refractivity contribution in [3.8, 4) is 11.5 Å². The molecule has 174 valence electrons. The molecule has 3 aromatic carbocycles. The number of hydrogen-bond donors (Lipinski definition) is 0. The van der Waals surface area contributed by atoms with Gasteiger partial charge in [-0.1, -0.05) is 33.6 Å². The van der Waals surface area contributed by atoms with E-state index in [-0.39, 0.29) is 10.6 Å². The fraction of sp³-hybridized carbons (Fsp3) is 0.240. The van der Waals surface area contributed by atoms with Crippen molar-refractivity contribution >= 4 is 37.5 Å². The van der Waals surface area contributed by atoms with Crippen molar-refractivity contribution in [3.05, 3.63) is 81.8 Å². The molecule has 0 atom stereocenters. The Kier molecular flexibility index (Phi) is 7.81. The second-order valence-corrected chi connectivity index (χ2v) is 10.3. The van der Waals surface area contributed by atoms with Crippen LogP contribution in [-0.4, -0.2) is 27.5 Å². The Labute approximate surface area is 203 Å². The van der Waals surface area contributed by atoms with Gasteiger partial charge in [0.2, 0.25) is 0 Å². The van der Waals surface area contributed by atoms with Crippen LogP contribution in [0.25, 0.3) is 0 Å². The Balaban J connectivity index is 1.97. The van der Waals surface area contributed by atoms with Gasteiger partial charge in [0.25, 0.3) is 15.9 Å². The summed E-state index contributed by atoms with van der Waals surface area (Å²) in [6.07, 6.45) is 0. The number of anilines is 1. The maximum Gasteiger partial charge on any atom is 0.278 e. The molecule has 0 heterocycles. The van der Waals surface area contributed by atoms with E-state index in [0.29, 0.717) is 18.1 Å². The molecule has 0 bridgehead atoms. The average molecular weight is 532 g/mol. The number of hydrogen-bond acceptors (Lipinski definition) is 5. The number of ether oxygens (including phenoxy) is 2. The van der Waals surface area contributed by atoms with Gasteiger partial charge in [-0.05, 0) is 87.4 Å². The number of halogens is 1. The van der Waals surface area contributed by atoms with E-state index in [1.807, 2.05) is 39.8 Å². The quantitative estimate of drug-likeness (QED) is 0.379. The molecule has 0 saturated heterocycles. The smallest absolute Gasteiger partial charge is 0.278 e. The predicted molar refractivity (Wildman–Crippen MR) is 133 cm³/mol. The summed E-state index contributed by atoms with van der Waals surface area (Å²) in [5, 5.41) is 0. The molecule has 3 rings (SSSR count). The van der Waals surface area contributed by atoms with Gasteiger partial charge in [-0.3, -0.25) is 4.79 Å². The zero-order chi connectivity index (χ0) is 24.2. The summed E-state index contributed by atoms with van der Waals surface area (Å²) < 4.78 is 39.9. The summed E-state index contributed by atoms with van der Waals surface area (Å²) in [7, 11) is -4.17. The van der Waals surface area contributed by atoms with Crippen LogP contribution in [0.2, 0.25) is 0 Å². The molecule has 0 unspecified atom stereocenters. The minimum Gasteiger partial charge on any atom is -0.494 e. The van der Waals surface area contributed by atoms with Crippen molar-refractivity contribution < 1.29 is 22.7 Å². The number of carbonyl (C=O) groups is 1. The summed E-state index contributed by atoms with van der Waals surface area (Å²) in [5.74, 6) is 0.422. The number of benzene rings is 3. The lowest BCUT2D eigenvalue weighted by Crippen LogP contribution is -2.40. The van der Waals surface area contributed by atoms with E-state index in [1.54, 1.807) is 36.4 Å². The Bertz CT molecular complexity index is 1220. The van der Waals surface area contributed by atoms with Crippen molar-refractivity contribution in [2.75, 3.05) is 17.5 Å². The van der Waals surface area contributed by atoms with Gasteiger partial charge in [0.15, 0.2) is 6.61 Å². The molecule has 0 aliphatic carbocycles. The molecule has 1 amide bonds. The zero-order valence-corrected chi connectivity index (χ0v) is 21.4. The summed E-state index contributed by atoms with van der Waals surface area (Å²) in [4.78, 5) is 13.3. The summed E-state index contributed by atoms with van der Waals surface area (Å²) >= 11 is 3.43. The van der Waals surface area contributed by atoms with Gasteiger partial charge in [-0.25, -0.2) is 8.42 Å². The first-order chi connectivity index (χ1) is 15.6. The Hall–Kier alpha value is -2.84. The average Bonchev–Trinajstić information content (AvgIpc) is 2.74. The molecule has 0 radical (unpaired) electrons. The molecule has 0 fully saturated rings. The van der Waals surface area contributed by atoms with E-state index in [0.717, 1.165) is 25.5 Å². The molecule has 3 aromatic rings. The maximum atomic E-state index is 13.5. The van der Waals surface area contributed by atoms with Gasteiger partial charge in [-0.2, -0.15) is 4.31 Å². The van der Waals surface area contributed by atoms with E-state index in [9.17, 15) is 13.2 Å². The van der Waals surface area contributed by atoms with Gasteiger partial charge in [0, 0.05) is 4.47 Å². The highest BCUT2D eigenvalue weighted by molar-refractivity contribution is 9.10. The summed E-state index contributed by atoms with van der Waals surface area (Å²) in [5.41, 5.74) is 2.79. The number of nitrogens with zero attached hydrogens (tertiary/aromatic N) is 1. The van der Waals surface area contributed by atoms with Gasteiger partial charge < -0.3 is 9.47 Å². The lowest BCUT2D eigenvalue weighted by atomic mass is 10.1. The summed E-state index contributed by atoms with van der Waals surface area (Å²) in [6, 6.07) is 16.5. The van der Waals surface area contributed by atoms with Crippen LogP contribution in [0, 0.1) is 20.8 Å². The third-order valence-electron chi connectivity index (χ3n) is 4.93. The zero-order valence-electron chi connectivity index (χ0n) is 19.0. The Morgan fingerprint density at radius 1 is 0.909 bits per heavy atom. The highest BCUT2D eigenvalue weighted by Crippen LogP contribution is 2.29. The summed E-state index contributed by atoms with van der Waals surface area (Å²) in [6.45, 7) is 7.48. The van der Waals surface area contributed by atoms with Crippen LogP contribution in [-0.2, 0) is 14.8 Å². The molecular weight excluding hydrogens is 506 g/mol. The number of rotatable bonds is 8. The highest BCUT2D eigenvalue weighted by atomic mass is 79.9. The molecule has 0 aromatic heterocycles. The molecule has 33 heavy (non-hydrogen) atoms. The fourth-order valence-electron chi connectivity index (χ4n) is 3.39. The fourth-order valence-corrected chi connectivity index (χ4v) is 5.49. The SMILES string of the molecule is CCOc1ccc(N(C(=O)COc2c(C)cc(Br)cc2C)S(=O)(=O)c2ccc(C)cc2)cc1. The van der Waals surface area contributed by atoms with E-state index < -0.39 is 22.5 Å². The van der Waals surface area contributed by atoms with Crippen LogP contribution < -0.4 is 13.8 Å². The van der Waals surface area contributed by atoms with Crippen molar-refractivity contribution in [2.45, 2.75) is 32.6 Å². The molecule has 0 N–H and O–H groups in total. The second kappa shape index (κ2) is 10.4. The highest BCUT2D eigenvalue weighted by Gasteiger charge is 2.31. The van der Waals surface area contributed by atoms with E-state index in [1.165, 1.54) is 12.1 Å². The molecule has 0 aliphatic heterocycles. The standard InChI is InChI=1S/C25H26BrNO5S/c1-5-31-22-10-8-21(9-11-22)27(33(29,30)23-12-6-17(2)7-13-23)24(28)16-32-25-18(3)14-20(26)15-19(25)4/h6-15H,5,16H2,1-4H3. The van der Waals surface area contributed by atoms with Gasteiger partial charge >= 0.3 is 0 Å². The normalized spacial score (nSPS) is 11.2.